The number of aliphatic imine (C=N–C) groups is 1. The van der Waals surface area contributed by atoms with Crippen molar-refractivity contribution in [1.82, 2.24) is 0 Å². The number of benzene rings is 1. The van der Waals surface area contributed by atoms with Crippen LogP contribution in [0, 0.1) is 0 Å². The van der Waals surface area contributed by atoms with Crippen molar-refractivity contribution in [2.45, 2.75) is 25.7 Å². The van der Waals surface area contributed by atoms with Crippen LogP contribution in [-0.4, -0.2) is 19.0 Å². The molecule has 1 atom stereocenters. The number of ether oxygens (including phenoxy) is 1. The average molecular weight is 238 g/mol. The Hall–Kier alpha value is -1.02. The summed E-state index contributed by atoms with van der Waals surface area (Å²) in [6, 6.07) is 8.07. The molecule has 0 unspecified atom stereocenters. The number of hydrogen-bond donors (Lipinski definition) is 0. The molecule has 0 spiro atoms. The van der Waals surface area contributed by atoms with Crippen molar-refractivity contribution in [2.75, 3.05) is 13.2 Å². The Bertz CT molecular complexity index is 372. The van der Waals surface area contributed by atoms with E-state index in [1.807, 2.05) is 19.1 Å². The zero-order valence-corrected chi connectivity index (χ0v) is 10.2. The van der Waals surface area contributed by atoms with Gasteiger partial charge in [-0.2, -0.15) is 0 Å². The Morgan fingerprint density at radius 1 is 1.38 bits per heavy atom. The van der Waals surface area contributed by atoms with Gasteiger partial charge < -0.3 is 4.74 Å². The van der Waals surface area contributed by atoms with Crippen molar-refractivity contribution < 1.29 is 4.74 Å². The third-order valence-electron chi connectivity index (χ3n) is 2.85. The topological polar surface area (TPSA) is 21.6 Å². The second kappa shape index (κ2) is 5.35. The highest BCUT2D eigenvalue weighted by Crippen LogP contribution is 2.26. The van der Waals surface area contributed by atoms with E-state index < -0.39 is 0 Å². The quantitative estimate of drug-likeness (QED) is 0.770. The lowest BCUT2D eigenvalue weighted by molar-refractivity contribution is 0.307. The first-order valence-corrected chi connectivity index (χ1v) is 6.09. The maximum absolute atomic E-state index is 5.87. The fourth-order valence-corrected chi connectivity index (χ4v) is 2.10. The van der Waals surface area contributed by atoms with Gasteiger partial charge in [-0.25, -0.2) is 0 Å². The van der Waals surface area contributed by atoms with Gasteiger partial charge in [0.1, 0.15) is 0 Å². The van der Waals surface area contributed by atoms with E-state index in [2.05, 4.69) is 17.1 Å². The van der Waals surface area contributed by atoms with E-state index in [1.165, 1.54) is 5.56 Å². The third kappa shape index (κ3) is 2.76. The maximum Gasteiger partial charge on any atom is 0.183 e. The van der Waals surface area contributed by atoms with Gasteiger partial charge in [0.25, 0.3) is 0 Å². The molecule has 16 heavy (non-hydrogen) atoms. The first-order chi connectivity index (χ1) is 7.79. The predicted molar refractivity (Wildman–Crippen MR) is 67.4 cm³/mol. The first kappa shape index (κ1) is 11.5. The molecule has 1 aliphatic heterocycles. The third-order valence-corrected chi connectivity index (χ3v) is 3.10. The fourth-order valence-electron chi connectivity index (χ4n) is 1.97. The summed E-state index contributed by atoms with van der Waals surface area (Å²) in [5.74, 6) is 1.43. The van der Waals surface area contributed by atoms with Crippen LogP contribution < -0.4 is 0 Å². The summed E-state index contributed by atoms with van der Waals surface area (Å²) in [7, 11) is 0. The van der Waals surface area contributed by atoms with Crippen LogP contribution in [0.3, 0.4) is 0 Å². The normalized spacial score (nSPS) is 20.4. The van der Waals surface area contributed by atoms with Crippen LogP contribution in [0.4, 0.5) is 0 Å². The first-order valence-electron chi connectivity index (χ1n) is 5.71. The molecule has 1 heterocycles. The predicted octanol–water partition coefficient (Wildman–Crippen LogP) is 3.65. The molecule has 0 fully saturated rings. The van der Waals surface area contributed by atoms with Crippen LogP contribution >= 0.6 is 11.6 Å². The summed E-state index contributed by atoms with van der Waals surface area (Å²) in [4.78, 5) is 4.46. The second-order valence-corrected chi connectivity index (χ2v) is 4.39. The molecule has 0 bridgehead atoms. The van der Waals surface area contributed by atoms with Crippen LogP contribution in [-0.2, 0) is 4.74 Å². The Morgan fingerprint density at radius 2 is 2.12 bits per heavy atom. The van der Waals surface area contributed by atoms with Crippen LogP contribution in [0.5, 0.6) is 0 Å². The molecular formula is C13H16ClNO. The van der Waals surface area contributed by atoms with E-state index in [9.17, 15) is 0 Å². The Labute approximate surface area is 101 Å². The molecule has 0 saturated heterocycles. The molecule has 0 aliphatic carbocycles. The van der Waals surface area contributed by atoms with Gasteiger partial charge in [-0.15, -0.1) is 0 Å². The molecule has 1 aromatic carbocycles. The molecule has 0 amide bonds. The van der Waals surface area contributed by atoms with E-state index >= 15 is 0 Å². The number of halogens is 1. The number of rotatable bonds is 2. The monoisotopic (exact) mass is 237 g/mol. The molecule has 0 aromatic heterocycles. The van der Waals surface area contributed by atoms with Crippen molar-refractivity contribution in [1.29, 1.82) is 0 Å². The zero-order chi connectivity index (χ0) is 11.4. The molecule has 3 heteroatoms. The van der Waals surface area contributed by atoms with E-state index in [0.717, 1.165) is 30.3 Å². The van der Waals surface area contributed by atoms with Gasteiger partial charge in [0, 0.05) is 23.9 Å². The Balaban J connectivity index is 2.01. The molecule has 0 radical (unpaired) electrons. The highest BCUT2D eigenvalue weighted by atomic mass is 35.5. The van der Waals surface area contributed by atoms with Gasteiger partial charge in [0.05, 0.1) is 6.61 Å². The molecular weight excluding hydrogens is 222 g/mol. The second-order valence-electron chi connectivity index (χ2n) is 3.95. The van der Waals surface area contributed by atoms with Gasteiger partial charge >= 0.3 is 0 Å². The molecule has 86 valence electrons. The minimum Gasteiger partial charge on any atom is -0.481 e. The van der Waals surface area contributed by atoms with Gasteiger partial charge in [-0.3, -0.25) is 4.99 Å². The number of nitrogens with zero attached hydrogens (tertiary/aromatic N) is 1. The smallest absolute Gasteiger partial charge is 0.183 e. The van der Waals surface area contributed by atoms with Crippen LogP contribution in [0.15, 0.2) is 29.3 Å². The molecule has 1 aliphatic rings. The summed E-state index contributed by atoms with van der Waals surface area (Å²) in [6.07, 6.45) is 2.06. The molecule has 0 saturated carbocycles. The van der Waals surface area contributed by atoms with Gasteiger partial charge in [-0.05, 0) is 31.0 Å². The maximum atomic E-state index is 5.87. The van der Waals surface area contributed by atoms with E-state index in [4.69, 9.17) is 16.3 Å². The van der Waals surface area contributed by atoms with Crippen molar-refractivity contribution in [2.24, 2.45) is 4.99 Å². The van der Waals surface area contributed by atoms with Crippen LogP contribution in [0.1, 0.15) is 31.2 Å². The summed E-state index contributed by atoms with van der Waals surface area (Å²) >= 11 is 5.87. The minimum atomic E-state index is 0.515. The van der Waals surface area contributed by atoms with Gasteiger partial charge in [0.2, 0.25) is 0 Å². The summed E-state index contributed by atoms with van der Waals surface area (Å²) in [6.45, 7) is 3.54. The Kier molecular flexibility index (Phi) is 3.83. The van der Waals surface area contributed by atoms with Crippen LogP contribution in [0.2, 0.25) is 5.02 Å². The zero-order valence-electron chi connectivity index (χ0n) is 9.45. The van der Waals surface area contributed by atoms with Crippen LogP contribution in [0.25, 0.3) is 0 Å². The standard InChI is InChI=1S/C13H16ClNO/c1-2-16-13-8-5-11(9-15-13)10-3-6-12(14)7-4-10/h3-4,6-7,11H,2,5,8-9H2,1H3/t11-/m0/s1. The number of hydrogen-bond acceptors (Lipinski definition) is 2. The largest absolute Gasteiger partial charge is 0.481 e. The highest BCUT2D eigenvalue weighted by molar-refractivity contribution is 6.30. The lowest BCUT2D eigenvalue weighted by atomic mass is 9.92. The Morgan fingerprint density at radius 3 is 2.69 bits per heavy atom. The minimum absolute atomic E-state index is 0.515. The van der Waals surface area contributed by atoms with Crippen molar-refractivity contribution in [3.8, 4) is 0 Å². The lowest BCUT2D eigenvalue weighted by Crippen LogP contribution is -2.16. The van der Waals surface area contributed by atoms with Crippen molar-refractivity contribution >= 4 is 17.5 Å². The van der Waals surface area contributed by atoms with Crippen molar-refractivity contribution in [3.63, 3.8) is 0 Å². The molecule has 2 rings (SSSR count). The molecule has 2 nitrogen and oxygen atoms in total. The summed E-state index contributed by atoms with van der Waals surface area (Å²) < 4.78 is 5.41. The highest BCUT2D eigenvalue weighted by Gasteiger charge is 2.17. The van der Waals surface area contributed by atoms with E-state index in [-0.39, 0.29) is 0 Å². The average Bonchev–Trinajstić information content (AvgIpc) is 2.32. The molecule has 0 N–H and O–H groups in total. The molecule has 1 aromatic rings. The van der Waals surface area contributed by atoms with E-state index in [1.54, 1.807) is 0 Å². The van der Waals surface area contributed by atoms with Gasteiger partial charge in [-0.1, -0.05) is 23.7 Å². The van der Waals surface area contributed by atoms with E-state index in [0.29, 0.717) is 12.5 Å². The lowest BCUT2D eigenvalue weighted by Gasteiger charge is -2.21. The summed E-state index contributed by atoms with van der Waals surface area (Å²) in [5, 5.41) is 0.790. The SMILES string of the molecule is CCOC1=NC[C@@H](c2ccc(Cl)cc2)CC1. The van der Waals surface area contributed by atoms with Gasteiger partial charge in [0.15, 0.2) is 5.90 Å². The summed E-state index contributed by atoms with van der Waals surface area (Å²) in [5.41, 5.74) is 1.32. The van der Waals surface area contributed by atoms with Crippen molar-refractivity contribution in [3.05, 3.63) is 34.9 Å². The fraction of sp³-hybridized carbons (Fsp3) is 0.462.